The number of aromatic amines is 1. The highest BCUT2D eigenvalue weighted by Crippen LogP contribution is 2.16. The van der Waals surface area contributed by atoms with E-state index < -0.39 is 0 Å². The van der Waals surface area contributed by atoms with Gasteiger partial charge in [-0.15, -0.1) is 0 Å². The molecule has 1 aromatic rings. The van der Waals surface area contributed by atoms with Crippen LogP contribution in [0.25, 0.3) is 0 Å². The van der Waals surface area contributed by atoms with Crippen molar-refractivity contribution >= 4 is 5.91 Å². The molecule has 0 aliphatic carbocycles. The van der Waals surface area contributed by atoms with Gasteiger partial charge >= 0.3 is 0 Å². The van der Waals surface area contributed by atoms with Crippen molar-refractivity contribution in [2.75, 3.05) is 13.1 Å². The maximum atomic E-state index is 12.1. The van der Waals surface area contributed by atoms with Gasteiger partial charge in [-0.3, -0.25) is 9.89 Å². The van der Waals surface area contributed by atoms with Crippen molar-refractivity contribution in [1.29, 1.82) is 0 Å². The number of rotatable bonds is 4. The minimum Gasteiger partial charge on any atom is -0.342 e. The van der Waals surface area contributed by atoms with E-state index in [2.05, 4.69) is 24.0 Å². The van der Waals surface area contributed by atoms with Gasteiger partial charge in [-0.05, 0) is 25.7 Å². The minimum absolute atomic E-state index is 0.258. The number of H-pyrrole nitrogens is 1. The second-order valence-corrected chi connectivity index (χ2v) is 4.60. The first-order valence-corrected chi connectivity index (χ1v) is 6.59. The van der Waals surface area contributed by atoms with Gasteiger partial charge in [-0.25, -0.2) is 0 Å². The molecule has 1 aromatic heterocycles. The van der Waals surface area contributed by atoms with Crippen molar-refractivity contribution in [1.82, 2.24) is 15.1 Å². The number of aryl methyl sites for hydroxylation is 2. The smallest absolute Gasteiger partial charge is 0.227 e. The predicted molar refractivity (Wildman–Crippen MR) is 66.9 cm³/mol. The Morgan fingerprint density at radius 1 is 1.29 bits per heavy atom. The quantitative estimate of drug-likeness (QED) is 0.863. The van der Waals surface area contributed by atoms with Gasteiger partial charge in [0.25, 0.3) is 0 Å². The molecule has 1 saturated heterocycles. The van der Waals surface area contributed by atoms with Gasteiger partial charge in [-0.2, -0.15) is 5.10 Å². The summed E-state index contributed by atoms with van der Waals surface area (Å²) in [5, 5.41) is 7.34. The molecule has 1 aliphatic heterocycles. The van der Waals surface area contributed by atoms with Gasteiger partial charge in [0.1, 0.15) is 0 Å². The summed E-state index contributed by atoms with van der Waals surface area (Å²) in [4.78, 5) is 14.1. The van der Waals surface area contributed by atoms with Crippen molar-refractivity contribution in [2.45, 2.75) is 46.0 Å². The Morgan fingerprint density at radius 2 is 2.00 bits per heavy atom. The summed E-state index contributed by atoms with van der Waals surface area (Å²) in [7, 11) is 0. The van der Waals surface area contributed by atoms with Gasteiger partial charge < -0.3 is 4.90 Å². The minimum atomic E-state index is 0.258. The molecule has 0 radical (unpaired) electrons. The molecule has 94 valence electrons. The van der Waals surface area contributed by atoms with E-state index in [0.29, 0.717) is 6.42 Å². The van der Waals surface area contributed by atoms with Gasteiger partial charge in [0, 0.05) is 24.3 Å². The summed E-state index contributed by atoms with van der Waals surface area (Å²) < 4.78 is 0. The lowest BCUT2D eigenvalue weighted by molar-refractivity contribution is -0.129. The van der Waals surface area contributed by atoms with Crippen LogP contribution in [-0.4, -0.2) is 34.1 Å². The van der Waals surface area contributed by atoms with Gasteiger partial charge in [0.2, 0.25) is 5.91 Å². The van der Waals surface area contributed by atoms with Crippen LogP contribution in [0.3, 0.4) is 0 Å². The van der Waals surface area contributed by atoms with Crippen LogP contribution in [0.15, 0.2) is 0 Å². The first kappa shape index (κ1) is 12.1. The predicted octanol–water partition coefficient (Wildman–Crippen LogP) is 1.70. The van der Waals surface area contributed by atoms with E-state index in [1.165, 1.54) is 0 Å². The summed E-state index contributed by atoms with van der Waals surface area (Å²) in [5.74, 6) is 0.258. The molecule has 4 heteroatoms. The van der Waals surface area contributed by atoms with E-state index in [4.69, 9.17) is 0 Å². The third-order valence-electron chi connectivity index (χ3n) is 3.51. The normalized spacial score (nSPS) is 15.5. The Labute approximate surface area is 102 Å². The molecule has 0 unspecified atom stereocenters. The molecule has 0 bridgehead atoms. The molecule has 0 aromatic carbocycles. The number of amides is 1. The van der Waals surface area contributed by atoms with E-state index in [-0.39, 0.29) is 5.91 Å². The Bertz CT molecular complexity index is 370. The third kappa shape index (κ3) is 2.51. The van der Waals surface area contributed by atoms with E-state index in [9.17, 15) is 4.79 Å². The number of carbonyl (C=O) groups is 1. The third-order valence-corrected chi connectivity index (χ3v) is 3.51. The highest BCUT2D eigenvalue weighted by Gasteiger charge is 2.21. The molecule has 4 nitrogen and oxygen atoms in total. The number of aromatic nitrogens is 2. The topological polar surface area (TPSA) is 49.0 Å². The molecule has 1 N–H and O–H groups in total. The molecule has 1 fully saturated rings. The van der Waals surface area contributed by atoms with Crippen LogP contribution in [0.5, 0.6) is 0 Å². The van der Waals surface area contributed by atoms with E-state index in [0.717, 1.165) is 55.7 Å². The molecule has 1 aliphatic rings. The lowest BCUT2D eigenvalue weighted by atomic mass is 10.1. The fraction of sp³-hybridized carbons (Fsp3) is 0.692. The molecule has 2 heterocycles. The van der Waals surface area contributed by atoms with Crippen LogP contribution in [0.2, 0.25) is 0 Å². The highest BCUT2D eigenvalue weighted by atomic mass is 16.2. The largest absolute Gasteiger partial charge is 0.342 e. The first-order chi connectivity index (χ1) is 8.26. The van der Waals surface area contributed by atoms with E-state index >= 15 is 0 Å². The van der Waals surface area contributed by atoms with Crippen LogP contribution >= 0.6 is 0 Å². The zero-order valence-corrected chi connectivity index (χ0v) is 10.8. The van der Waals surface area contributed by atoms with Crippen LogP contribution < -0.4 is 0 Å². The van der Waals surface area contributed by atoms with Crippen molar-refractivity contribution in [3.63, 3.8) is 0 Å². The van der Waals surface area contributed by atoms with E-state index in [1.54, 1.807) is 0 Å². The van der Waals surface area contributed by atoms with Gasteiger partial charge in [0.05, 0.1) is 12.1 Å². The second-order valence-electron chi connectivity index (χ2n) is 4.60. The van der Waals surface area contributed by atoms with Crippen molar-refractivity contribution in [3.05, 3.63) is 17.0 Å². The molecule has 2 rings (SSSR count). The average molecular weight is 235 g/mol. The monoisotopic (exact) mass is 235 g/mol. The van der Waals surface area contributed by atoms with Crippen LogP contribution in [0, 0.1) is 0 Å². The Morgan fingerprint density at radius 3 is 2.59 bits per heavy atom. The number of carbonyl (C=O) groups excluding carboxylic acids is 1. The fourth-order valence-corrected chi connectivity index (χ4v) is 2.47. The number of hydrogen-bond donors (Lipinski definition) is 1. The fourth-order valence-electron chi connectivity index (χ4n) is 2.47. The Kier molecular flexibility index (Phi) is 3.82. The molecular weight excluding hydrogens is 214 g/mol. The van der Waals surface area contributed by atoms with E-state index in [1.807, 2.05) is 4.90 Å². The average Bonchev–Trinajstić information content (AvgIpc) is 2.97. The molecule has 0 atom stereocenters. The molecular formula is C13H21N3O. The van der Waals surface area contributed by atoms with Crippen LogP contribution in [-0.2, 0) is 24.1 Å². The SMILES string of the molecule is CCc1n[nH]c(CC)c1CC(=O)N1CCCC1. The Hall–Kier alpha value is -1.32. The molecule has 0 spiro atoms. The summed E-state index contributed by atoms with van der Waals surface area (Å²) in [6.07, 6.45) is 4.62. The summed E-state index contributed by atoms with van der Waals surface area (Å²) >= 11 is 0. The van der Waals surface area contributed by atoms with Crippen LogP contribution in [0.4, 0.5) is 0 Å². The van der Waals surface area contributed by atoms with Gasteiger partial charge in [-0.1, -0.05) is 13.8 Å². The first-order valence-electron chi connectivity index (χ1n) is 6.59. The number of nitrogens with zero attached hydrogens (tertiary/aromatic N) is 2. The Balaban J connectivity index is 2.10. The number of likely N-dealkylation sites (tertiary alicyclic amines) is 1. The van der Waals surface area contributed by atoms with Crippen molar-refractivity contribution < 1.29 is 4.79 Å². The van der Waals surface area contributed by atoms with Gasteiger partial charge in [0.15, 0.2) is 0 Å². The molecule has 17 heavy (non-hydrogen) atoms. The maximum absolute atomic E-state index is 12.1. The summed E-state index contributed by atoms with van der Waals surface area (Å²) in [6, 6.07) is 0. The number of hydrogen-bond acceptors (Lipinski definition) is 2. The lowest BCUT2D eigenvalue weighted by Gasteiger charge is -2.15. The summed E-state index contributed by atoms with van der Waals surface area (Å²) in [5.41, 5.74) is 3.30. The molecule has 1 amide bonds. The number of nitrogens with one attached hydrogen (secondary N) is 1. The zero-order valence-electron chi connectivity index (χ0n) is 10.8. The second kappa shape index (κ2) is 5.34. The van der Waals surface area contributed by atoms with Crippen molar-refractivity contribution in [2.24, 2.45) is 0 Å². The highest BCUT2D eigenvalue weighted by molar-refractivity contribution is 5.79. The summed E-state index contributed by atoms with van der Waals surface area (Å²) in [6.45, 7) is 6.04. The zero-order chi connectivity index (χ0) is 12.3. The lowest BCUT2D eigenvalue weighted by Crippen LogP contribution is -2.29. The van der Waals surface area contributed by atoms with Crippen LogP contribution in [0.1, 0.15) is 43.6 Å². The standard InChI is InChI=1S/C13H21N3O/c1-3-11-10(12(4-2)15-14-11)9-13(17)16-7-5-6-8-16/h3-9H2,1-2H3,(H,14,15). The maximum Gasteiger partial charge on any atom is 0.227 e. The van der Waals surface area contributed by atoms with Crippen molar-refractivity contribution in [3.8, 4) is 0 Å². The molecule has 0 saturated carbocycles.